The molecular weight excluding hydrogens is 330 g/mol. The number of ether oxygens (including phenoxy) is 1. The maximum Gasteiger partial charge on any atom is 0.228 e. The van der Waals surface area contributed by atoms with E-state index in [2.05, 4.69) is 5.32 Å². The van der Waals surface area contributed by atoms with Gasteiger partial charge in [0.15, 0.2) is 0 Å². The van der Waals surface area contributed by atoms with Crippen LogP contribution in [0.3, 0.4) is 0 Å². The lowest BCUT2D eigenvalue weighted by Gasteiger charge is -2.31. The minimum Gasteiger partial charge on any atom is -0.550 e. The van der Waals surface area contributed by atoms with Crippen molar-refractivity contribution in [3.05, 3.63) is 54.1 Å². The highest BCUT2D eigenvalue weighted by Crippen LogP contribution is 2.31. The number of carboxylic acids is 1. The molecule has 0 bridgehead atoms. The zero-order valence-corrected chi connectivity index (χ0v) is 14.7. The number of rotatable bonds is 5. The highest BCUT2D eigenvalue weighted by molar-refractivity contribution is 5.95. The van der Waals surface area contributed by atoms with Crippen molar-refractivity contribution in [3.63, 3.8) is 0 Å². The molecule has 2 aromatic carbocycles. The number of aryl methyl sites for hydroxylation is 1. The molecule has 1 aliphatic carbocycles. The summed E-state index contributed by atoms with van der Waals surface area (Å²) >= 11 is 0. The van der Waals surface area contributed by atoms with Gasteiger partial charge in [0.05, 0.1) is 0 Å². The molecule has 0 spiro atoms. The fraction of sp³-hybridized carbons (Fsp3) is 0.333. The molecule has 0 radical (unpaired) electrons. The second kappa shape index (κ2) is 8.04. The average Bonchev–Trinajstić information content (AvgIpc) is 2.63. The molecule has 0 saturated heterocycles. The molecule has 0 aliphatic heterocycles. The van der Waals surface area contributed by atoms with Crippen LogP contribution in [0.15, 0.2) is 48.5 Å². The van der Waals surface area contributed by atoms with E-state index in [0.717, 1.165) is 24.2 Å². The molecule has 2 atom stereocenters. The van der Waals surface area contributed by atoms with Crippen molar-refractivity contribution < 1.29 is 19.4 Å². The Labute approximate surface area is 153 Å². The van der Waals surface area contributed by atoms with Gasteiger partial charge < -0.3 is 20.0 Å². The third-order valence-corrected chi connectivity index (χ3v) is 4.75. The summed E-state index contributed by atoms with van der Waals surface area (Å²) in [6.45, 7) is 2.00. The number of carbonyl (C=O) groups is 2. The Hall–Kier alpha value is -2.82. The number of anilines is 1. The monoisotopic (exact) mass is 352 g/mol. The van der Waals surface area contributed by atoms with Gasteiger partial charge in [-0.1, -0.05) is 25.0 Å². The number of amides is 1. The Morgan fingerprint density at radius 2 is 1.69 bits per heavy atom. The van der Waals surface area contributed by atoms with E-state index in [1.165, 1.54) is 0 Å². The predicted octanol–water partition coefficient (Wildman–Crippen LogP) is 3.28. The summed E-state index contributed by atoms with van der Waals surface area (Å²) in [5.74, 6) is -1.21. The zero-order valence-electron chi connectivity index (χ0n) is 14.7. The van der Waals surface area contributed by atoms with Gasteiger partial charge in [-0.3, -0.25) is 4.79 Å². The van der Waals surface area contributed by atoms with E-state index in [4.69, 9.17) is 4.74 Å². The van der Waals surface area contributed by atoms with Gasteiger partial charge in [-0.05, 0) is 61.7 Å². The molecular formula is C21H22NO4-. The van der Waals surface area contributed by atoms with Gasteiger partial charge in [0.1, 0.15) is 11.5 Å². The van der Waals surface area contributed by atoms with Crippen molar-refractivity contribution in [1.82, 2.24) is 0 Å². The Balaban J connectivity index is 1.63. The smallest absolute Gasteiger partial charge is 0.228 e. The van der Waals surface area contributed by atoms with Gasteiger partial charge in [-0.15, -0.1) is 0 Å². The van der Waals surface area contributed by atoms with Crippen molar-refractivity contribution >= 4 is 17.6 Å². The van der Waals surface area contributed by atoms with Crippen LogP contribution in [0.1, 0.15) is 31.2 Å². The predicted molar refractivity (Wildman–Crippen MR) is 96.8 cm³/mol. The third kappa shape index (κ3) is 4.42. The fourth-order valence-electron chi connectivity index (χ4n) is 3.38. The highest BCUT2D eigenvalue weighted by Gasteiger charge is 2.31. The van der Waals surface area contributed by atoms with Gasteiger partial charge >= 0.3 is 0 Å². The van der Waals surface area contributed by atoms with Crippen LogP contribution in [0.2, 0.25) is 0 Å². The second-order valence-electron chi connectivity index (χ2n) is 6.75. The van der Waals surface area contributed by atoms with Crippen LogP contribution in [0, 0.1) is 18.8 Å². The Bertz CT molecular complexity index is 785. The number of carbonyl (C=O) groups excluding carboxylic acids is 2. The molecule has 2 aromatic rings. The molecule has 26 heavy (non-hydrogen) atoms. The Kier molecular flexibility index (Phi) is 5.56. The first-order chi connectivity index (χ1) is 12.5. The number of aliphatic carboxylic acids is 1. The van der Waals surface area contributed by atoms with Crippen molar-refractivity contribution in [1.29, 1.82) is 0 Å². The first-order valence-electron chi connectivity index (χ1n) is 8.89. The topological polar surface area (TPSA) is 78.5 Å². The van der Waals surface area contributed by atoms with E-state index in [1.807, 2.05) is 31.2 Å². The maximum absolute atomic E-state index is 12.5. The molecule has 136 valence electrons. The summed E-state index contributed by atoms with van der Waals surface area (Å²) in [5.41, 5.74) is 1.73. The van der Waals surface area contributed by atoms with Gasteiger partial charge in [-0.25, -0.2) is 0 Å². The molecule has 1 saturated carbocycles. The largest absolute Gasteiger partial charge is 0.550 e. The molecule has 0 heterocycles. The average molecular weight is 352 g/mol. The summed E-state index contributed by atoms with van der Waals surface area (Å²) in [6, 6.07) is 14.8. The second-order valence-corrected chi connectivity index (χ2v) is 6.75. The molecule has 0 aromatic heterocycles. The van der Waals surface area contributed by atoms with Crippen molar-refractivity contribution in [2.24, 2.45) is 11.8 Å². The van der Waals surface area contributed by atoms with Crippen LogP contribution in [-0.4, -0.2) is 11.9 Å². The molecule has 1 aliphatic rings. The summed E-state index contributed by atoms with van der Waals surface area (Å²) in [6.07, 6.45) is 2.78. The Morgan fingerprint density at radius 1 is 1.00 bits per heavy atom. The number of benzene rings is 2. The zero-order chi connectivity index (χ0) is 18.5. The number of carboxylic acid groups (broad SMARTS) is 1. The van der Waals surface area contributed by atoms with Gasteiger partial charge in [0.25, 0.3) is 0 Å². The van der Waals surface area contributed by atoms with Gasteiger partial charge in [-0.2, -0.15) is 0 Å². The number of hydrogen-bond donors (Lipinski definition) is 1. The highest BCUT2D eigenvalue weighted by atomic mass is 16.5. The lowest BCUT2D eigenvalue weighted by Crippen LogP contribution is -2.42. The minimum absolute atomic E-state index is 0.258. The van der Waals surface area contributed by atoms with Gasteiger partial charge in [0, 0.05) is 23.5 Å². The van der Waals surface area contributed by atoms with Crippen LogP contribution in [0.5, 0.6) is 11.5 Å². The lowest BCUT2D eigenvalue weighted by atomic mass is 9.78. The van der Waals surface area contributed by atoms with Crippen LogP contribution < -0.4 is 15.2 Å². The molecule has 3 rings (SSSR count). The number of hydrogen-bond acceptors (Lipinski definition) is 4. The van der Waals surface area contributed by atoms with Crippen LogP contribution in [0.4, 0.5) is 5.69 Å². The third-order valence-electron chi connectivity index (χ3n) is 4.75. The summed E-state index contributed by atoms with van der Waals surface area (Å²) in [5, 5.41) is 14.1. The standard InChI is InChI=1S/C21H23NO4/c1-14-5-4-6-17(13-14)26-16-11-9-15(10-12-16)22-20(23)18-7-2-3-8-19(18)21(24)25/h4-6,9-13,18-19H,2-3,7-8H2,1H3,(H,22,23)(H,24,25)/p-1. The van der Waals surface area contributed by atoms with Gasteiger partial charge in [0.2, 0.25) is 5.91 Å². The van der Waals surface area contributed by atoms with Crippen LogP contribution in [-0.2, 0) is 9.59 Å². The summed E-state index contributed by atoms with van der Waals surface area (Å²) in [4.78, 5) is 23.7. The first kappa shape index (κ1) is 18.0. The molecule has 2 unspecified atom stereocenters. The molecule has 1 N–H and O–H groups in total. The first-order valence-corrected chi connectivity index (χ1v) is 8.89. The summed E-state index contributed by atoms with van der Waals surface area (Å²) in [7, 11) is 0. The van der Waals surface area contributed by atoms with Crippen LogP contribution >= 0.6 is 0 Å². The molecule has 5 heteroatoms. The fourth-order valence-corrected chi connectivity index (χ4v) is 3.38. The molecule has 1 fully saturated rings. The lowest BCUT2D eigenvalue weighted by molar-refractivity contribution is -0.313. The molecule has 1 amide bonds. The molecule has 5 nitrogen and oxygen atoms in total. The van der Waals surface area contributed by atoms with Crippen molar-refractivity contribution in [3.8, 4) is 11.5 Å². The maximum atomic E-state index is 12.5. The normalized spacial score (nSPS) is 19.6. The van der Waals surface area contributed by atoms with Crippen molar-refractivity contribution in [2.75, 3.05) is 5.32 Å². The number of nitrogens with one attached hydrogen (secondary N) is 1. The van der Waals surface area contributed by atoms with E-state index in [0.29, 0.717) is 24.3 Å². The van der Waals surface area contributed by atoms with E-state index in [-0.39, 0.29) is 5.91 Å². The minimum atomic E-state index is -1.13. The van der Waals surface area contributed by atoms with E-state index >= 15 is 0 Å². The quantitative estimate of drug-likeness (QED) is 0.896. The Morgan fingerprint density at radius 3 is 2.35 bits per heavy atom. The SMILES string of the molecule is Cc1cccc(Oc2ccc(NC(=O)C3CCCCC3C(=O)[O-])cc2)c1. The van der Waals surface area contributed by atoms with Crippen LogP contribution in [0.25, 0.3) is 0 Å². The van der Waals surface area contributed by atoms with E-state index < -0.39 is 17.8 Å². The van der Waals surface area contributed by atoms with E-state index in [9.17, 15) is 14.7 Å². The summed E-state index contributed by atoms with van der Waals surface area (Å²) < 4.78 is 5.79. The van der Waals surface area contributed by atoms with Crippen molar-refractivity contribution in [2.45, 2.75) is 32.6 Å². The van der Waals surface area contributed by atoms with E-state index in [1.54, 1.807) is 24.3 Å².